The van der Waals surface area contributed by atoms with Crippen molar-refractivity contribution < 1.29 is 0 Å². The molecule has 0 radical (unpaired) electrons. The van der Waals surface area contributed by atoms with E-state index in [0.717, 1.165) is 28.3 Å². The van der Waals surface area contributed by atoms with Crippen molar-refractivity contribution in [1.29, 1.82) is 0 Å². The lowest BCUT2D eigenvalue weighted by atomic mass is 10.1. The van der Waals surface area contributed by atoms with Crippen LogP contribution in [0, 0.1) is 20.8 Å². The zero-order chi connectivity index (χ0) is 12.0. The molecule has 86 valence electrons. The van der Waals surface area contributed by atoms with Crippen LogP contribution in [0.2, 0.25) is 0 Å². The summed E-state index contributed by atoms with van der Waals surface area (Å²) in [4.78, 5) is 4.29. The first kappa shape index (κ1) is 9.95. The van der Waals surface area contributed by atoms with E-state index in [1.54, 1.807) is 6.20 Å². The van der Waals surface area contributed by atoms with Crippen LogP contribution in [-0.4, -0.2) is 29.8 Å². The van der Waals surface area contributed by atoms with E-state index in [-0.39, 0.29) is 0 Å². The molecule has 0 saturated heterocycles. The van der Waals surface area contributed by atoms with E-state index in [2.05, 4.69) is 25.4 Å². The lowest BCUT2D eigenvalue weighted by Crippen LogP contribution is -1.93. The highest BCUT2D eigenvalue weighted by Crippen LogP contribution is 2.24. The van der Waals surface area contributed by atoms with Gasteiger partial charge in [-0.05, 0) is 20.8 Å². The maximum Gasteiger partial charge on any atom is 0.254 e. The average molecular weight is 228 g/mol. The third kappa shape index (κ3) is 1.41. The van der Waals surface area contributed by atoms with Crippen molar-refractivity contribution in [2.45, 2.75) is 20.8 Å². The Morgan fingerprint density at radius 2 is 2.00 bits per heavy atom. The molecule has 17 heavy (non-hydrogen) atoms. The molecule has 0 fully saturated rings. The Morgan fingerprint density at radius 1 is 1.18 bits per heavy atom. The summed E-state index contributed by atoms with van der Waals surface area (Å²) in [6.07, 6.45) is 3.79. The Labute approximate surface area is 97.7 Å². The molecule has 0 atom stereocenters. The summed E-state index contributed by atoms with van der Waals surface area (Å²) in [6, 6.07) is 0. The van der Waals surface area contributed by atoms with Gasteiger partial charge >= 0.3 is 0 Å². The predicted molar refractivity (Wildman–Crippen MR) is 62.6 cm³/mol. The number of aromatic amines is 1. The standard InChI is InChI=1S/C11H12N6/c1-6-10(7(2)14-13-6)9-4-12-11-16-15-8(3)17(11)5-9/h4-5H,1-3H3,(H,13,14). The molecule has 3 aromatic rings. The van der Waals surface area contributed by atoms with Crippen molar-refractivity contribution in [2.24, 2.45) is 0 Å². The summed E-state index contributed by atoms with van der Waals surface area (Å²) in [6.45, 7) is 5.88. The number of nitrogens with zero attached hydrogens (tertiary/aromatic N) is 5. The third-order valence-electron chi connectivity index (χ3n) is 2.85. The molecule has 0 aliphatic carbocycles. The van der Waals surface area contributed by atoms with Gasteiger partial charge in [0.1, 0.15) is 5.82 Å². The minimum atomic E-state index is 0.616. The van der Waals surface area contributed by atoms with Crippen LogP contribution in [0.1, 0.15) is 17.2 Å². The Kier molecular flexibility index (Phi) is 1.98. The summed E-state index contributed by atoms with van der Waals surface area (Å²) in [5, 5.41) is 15.1. The lowest BCUT2D eigenvalue weighted by molar-refractivity contribution is 1.00. The fourth-order valence-electron chi connectivity index (χ4n) is 2.00. The molecule has 3 aromatic heterocycles. The summed E-state index contributed by atoms with van der Waals surface area (Å²) in [7, 11) is 0. The van der Waals surface area contributed by atoms with Gasteiger partial charge in [0.15, 0.2) is 0 Å². The average Bonchev–Trinajstić information content (AvgIpc) is 2.84. The van der Waals surface area contributed by atoms with Gasteiger partial charge in [-0.2, -0.15) is 5.10 Å². The van der Waals surface area contributed by atoms with E-state index in [0.29, 0.717) is 5.78 Å². The molecule has 0 aliphatic rings. The number of aromatic nitrogens is 6. The number of H-pyrrole nitrogens is 1. The fourth-order valence-corrected chi connectivity index (χ4v) is 2.00. The molecule has 0 unspecified atom stereocenters. The second kappa shape index (κ2) is 3.38. The lowest BCUT2D eigenvalue weighted by Gasteiger charge is -2.02. The van der Waals surface area contributed by atoms with E-state index >= 15 is 0 Å². The van der Waals surface area contributed by atoms with Crippen LogP contribution in [0.25, 0.3) is 16.9 Å². The van der Waals surface area contributed by atoms with Crippen molar-refractivity contribution in [2.75, 3.05) is 0 Å². The SMILES string of the molecule is Cc1n[nH]c(C)c1-c1cnc2nnc(C)n2c1. The van der Waals surface area contributed by atoms with E-state index in [4.69, 9.17) is 0 Å². The Morgan fingerprint density at radius 3 is 2.71 bits per heavy atom. The number of nitrogens with one attached hydrogen (secondary N) is 1. The van der Waals surface area contributed by atoms with Gasteiger partial charge in [-0.3, -0.25) is 9.50 Å². The first-order valence-electron chi connectivity index (χ1n) is 5.36. The van der Waals surface area contributed by atoms with Crippen LogP contribution in [0.3, 0.4) is 0 Å². The molecular formula is C11H12N6. The molecule has 3 heterocycles. The maximum atomic E-state index is 4.29. The molecule has 0 aromatic carbocycles. The van der Waals surface area contributed by atoms with E-state index in [1.807, 2.05) is 31.4 Å². The van der Waals surface area contributed by atoms with Crippen molar-refractivity contribution in [3.63, 3.8) is 0 Å². The van der Waals surface area contributed by atoms with Gasteiger partial charge in [-0.25, -0.2) is 4.98 Å². The smallest absolute Gasteiger partial charge is 0.254 e. The van der Waals surface area contributed by atoms with Gasteiger partial charge in [0, 0.05) is 29.2 Å². The number of fused-ring (bicyclic) bond motifs is 1. The van der Waals surface area contributed by atoms with E-state index < -0.39 is 0 Å². The summed E-state index contributed by atoms with van der Waals surface area (Å²) >= 11 is 0. The second-order valence-electron chi connectivity index (χ2n) is 4.07. The van der Waals surface area contributed by atoms with E-state index in [1.165, 1.54) is 0 Å². The molecule has 0 bridgehead atoms. The first-order valence-corrected chi connectivity index (χ1v) is 5.36. The quantitative estimate of drug-likeness (QED) is 0.684. The molecule has 1 N–H and O–H groups in total. The number of hydrogen-bond donors (Lipinski definition) is 1. The van der Waals surface area contributed by atoms with Crippen LogP contribution in [0.4, 0.5) is 0 Å². The molecule has 0 amide bonds. The minimum Gasteiger partial charge on any atom is -0.282 e. The summed E-state index contributed by atoms with van der Waals surface area (Å²) in [5.74, 6) is 1.44. The molecule has 3 rings (SSSR count). The first-order chi connectivity index (χ1) is 8.16. The monoisotopic (exact) mass is 228 g/mol. The van der Waals surface area contributed by atoms with Crippen molar-refractivity contribution in [3.8, 4) is 11.1 Å². The molecule has 0 aliphatic heterocycles. The Bertz CT molecular complexity index is 674. The number of rotatable bonds is 1. The zero-order valence-corrected chi connectivity index (χ0v) is 9.89. The highest BCUT2D eigenvalue weighted by molar-refractivity contribution is 5.67. The number of hydrogen-bond acceptors (Lipinski definition) is 4. The molecule has 0 saturated carbocycles. The van der Waals surface area contributed by atoms with Crippen LogP contribution in [0.5, 0.6) is 0 Å². The maximum absolute atomic E-state index is 4.29. The van der Waals surface area contributed by atoms with Crippen LogP contribution in [0.15, 0.2) is 12.4 Å². The Balaban J connectivity index is 2.27. The van der Waals surface area contributed by atoms with Crippen LogP contribution >= 0.6 is 0 Å². The highest BCUT2D eigenvalue weighted by atomic mass is 15.3. The van der Waals surface area contributed by atoms with Gasteiger partial charge in [-0.1, -0.05) is 0 Å². The largest absolute Gasteiger partial charge is 0.282 e. The molecular weight excluding hydrogens is 216 g/mol. The highest BCUT2D eigenvalue weighted by Gasteiger charge is 2.11. The zero-order valence-electron chi connectivity index (χ0n) is 9.89. The van der Waals surface area contributed by atoms with Gasteiger partial charge in [0.2, 0.25) is 0 Å². The number of aryl methyl sites for hydroxylation is 3. The second-order valence-corrected chi connectivity index (χ2v) is 4.07. The Hall–Kier alpha value is -2.24. The molecule has 6 heteroatoms. The predicted octanol–water partition coefficient (Wildman–Crippen LogP) is 1.44. The fraction of sp³-hybridized carbons (Fsp3) is 0.273. The third-order valence-corrected chi connectivity index (χ3v) is 2.85. The topological polar surface area (TPSA) is 71.8 Å². The normalized spacial score (nSPS) is 11.2. The van der Waals surface area contributed by atoms with Crippen molar-refractivity contribution in [1.82, 2.24) is 29.8 Å². The summed E-state index contributed by atoms with van der Waals surface area (Å²) in [5.41, 5.74) is 4.11. The van der Waals surface area contributed by atoms with Gasteiger partial charge in [-0.15, -0.1) is 10.2 Å². The van der Waals surface area contributed by atoms with Gasteiger partial charge < -0.3 is 0 Å². The van der Waals surface area contributed by atoms with Gasteiger partial charge in [0.05, 0.1) is 5.69 Å². The summed E-state index contributed by atoms with van der Waals surface area (Å²) < 4.78 is 1.88. The molecule has 6 nitrogen and oxygen atoms in total. The van der Waals surface area contributed by atoms with E-state index in [9.17, 15) is 0 Å². The van der Waals surface area contributed by atoms with Crippen LogP contribution in [-0.2, 0) is 0 Å². The van der Waals surface area contributed by atoms with Crippen LogP contribution < -0.4 is 0 Å². The van der Waals surface area contributed by atoms with Crippen molar-refractivity contribution in [3.05, 3.63) is 29.6 Å². The molecule has 0 spiro atoms. The minimum absolute atomic E-state index is 0.616. The van der Waals surface area contributed by atoms with Crippen molar-refractivity contribution >= 4 is 5.78 Å². The van der Waals surface area contributed by atoms with Gasteiger partial charge in [0.25, 0.3) is 5.78 Å².